The molecule has 0 aliphatic carbocycles. The number of aliphatic hydroxyl groups is 1. The molecule has 0 saturated carbocycles. The third-order valence-corrected chi connectivity index (χ3v) is 3.15. The highest BCUT2D eigenvalue weighted by Crippen LogP contribution is 2.14. The number of benzene rings is 1. The van der Waals surface area contributed by atoms with Crippen molar-refractivity contribution >= 4 is 0 Å². The molecule has 0 fully saturated rings. The Hall–Kier alpha value is -0.820. The molecular weight excluding hydrogens is 184 g/mol. The normalized spacial score (nSPS) is 14.9. The van der Waals surface area contributed by atoms with Crippen LogP contribution in [0, 0.1) is 12.8 Å². The zero-order valence-corrected chi connectivity index (χ0v) is 10.0. The summed E-state index contributed by atoms with van der Waals surface area (Å²) in [7, 11) is 0. The number of hydrogen-bond acceptors (Lipinski definition) is 1. The van der Waals surface area contributed by atoms with Crippen molar-refractivity contribution in [2.45, 2.75) is 46.1 Å². The fraction of sp³-hybridized carbons (Fsp3) is 0.571. The lowest BCUT2D eigenvalue weighted by atomic mass is 9.96. The van der Waals surface area contributed by atoms with Crippen molar-refractivity contribution in [1.82, 2.24) is 0 Å². The van der Waals surface area contributed by atoms with E-state index in [9.17, 15) is 5.11 Å². The minimum Gasteiger partial charge on any atom is -0.393 e. The molecule has 1 aromatic carbocycles. The molecule has 2 unspecified atom stereocenters. The number of rotatable bonds is 5. The van der Waals surface area contributed by atoms with E-state index in [0.717, 1.165) is 19.3 Å². The Morgan fingerprint density at radius 1 is 1.20 bits per heavy atom. The van der Waals surface area contributed by atoms with Crippen LogP contribution in [0.3, 0.4) is 0 Å². The van der Waals surface area contributed by atoms with Crippen LogP contribution in [0.25, 0.3) is 0 Å². The predicted octanol–water partition coefficient (Wildman–Crippen LogP) is 3.33. The zero-order valence-electron chi connectivity index (χ0n) is 10.0. The summed E-state index contributed by atoms with van der Waals surface area (Å²) in [6.07, 6.45) is 2.75. The largest absolute Gasteiger partial charge is 0.393 e. The highest BCUT2D eigenvalue weighted by Gasteiger charge is 2.11. The second kappa shape index (κ2) is 5.92. The molecule has 0 heterocycles. The smallest absolute Gasteiger partial charge is 0.0568 e. The molecule has 1 N–H and O–H groups in total. The summed E-state index contributed by atoms with van der Waals surface area (Å²) < 4.78 is 0. The summed E-state index contributed by atoms with van der Waals surface area (Å²) in [4.78, 5) is 0. The van der Waals surface area contributed by atoms with Gasteiger partial charge in [-0.1, -0.05) is 50.1 Å². The maximum Gasteiger partial charge on any atom is 0.0568 e. The number of hydrogen-bond donors (Lipinski definition) is 1. The van der Waals surface area contributed by atoms with Crippen LogP contribution in [0.2, 0.25) is 0 Å². The maximum atomic E-state index is 9.83. The average Bonchev–Trinajstić information content (AvgIpc) is 2.26. The zero-order chi connectivity index (χ0) is 11.3. The van der Waals surface area contributed by atoms with Gasteiger partial charge in [0.25, 0.3) is 0 Å². The van der Waals surface area contributed by atoms with E-state index in [-0.39, 0.29) is 6.10 Å². The molecule has 0 bridgehead atoms. The van der Waals surface area contributed by atoms with E-state index in [1.807, 2.05) is 0 Å². The van der Waals surface area contributed by atoms with Gasteiger partial charge < -0.3 is 5.11 Å². The van der Waals surface area contributed by atoms with Crippen molar-refractivity contribution in [3.63, 3.8) is 0 Å². The van der Waals surface area contributed by atoms with Crippen LogP contribution in [0.15, 0.2) is 24.3 Å². The van der Waals surface area contributed by atoms with Crippen LogP contribution in [0.5, 0.6) is 0 Å². The Bertz CT molecular complexity index is 276. The van der Waals surface area contributed by atoms with Gasteiger partial charge >= 0.3 is 0 Å². The van der Waals surface area contributed by atoms with E-state index < -0.39 is 0 Å². The van der Waals surface area contributed by atoms with Crippen molar-refractivity contribution in [3.05, 3.63) is 35.4 Å². The topological polar surface area (TPSA) is 20.2 Å². The van der Waals surface area contributed by atoms with E-state index in [1.165, 1.54) is 11.1 Å². The Morgan fingerprint density at radius 3 is 2.33 bits per heavy atom. The molecular formula is C14H22O. The monoisotopic (exact) mass is 206 g/mol. The third-order valence-electron chi connectivity index (χ3n) is 3.15. The Labute approximate surface area is 93.1 Å². The lowest BCUT2D eigenvalue weighted by Crippen LogP contribution is -2.17. The van der Waals surface area contributed by atoms with E-state index in [4.69, 9.17) is 0 Å². The van der Waals surface area contributed by atoms with Gasteiger partial charge in [0.2, 0.25) is 0 Å². The van der Waals surface area contributed by atoms with Gasteiger partial charge in [-0.25, -0.2) is 0 Å². The van der Waals surface area contributed by atoms with Crippen molar-refractivity contribution in [2.75, 3.05) is 0 Å². The standard InChI is InChI=1S/C14H22O/c1-4-12(3)14(15)10-9-13-7-5-11(2)6-8-13/h5-8,12,14-15H,4,9-10H2,1-3H3. The first-order valence-electron chi connectivity index (χ1n) is 5.87. The van der Waals surface area contributed by atoms with Crippen molar-refractivity contribution < 1.29 is 5.11 Å². The molecule has 0 saturated heterocycles. The minimum absolute atomic E-state index is 0.156. The average molecular weight is 206 g/mol. The van der Waals surface area contributed by atoms with Gasteiger partial charge in [0.15, 0.2) is 0 Å². The van der Waals surface area contributed by atoms with E-state index in [1.54, 1.807) is 0 Å². The minimum atomic E-state index is -0.156. The molecule has 0 radical (unpaired) electrons. The van der Waals surface area contributed by atoms with Gasteiger partial charge in [-0.15, -0.1) is 0 Å². The van der Waals surface area contributed by atoms with Gasteiger partial charge in [0.05, 0.1) is 6.10 Å². The molecule has 0 aromatic heterocycles. The highest BCUT2D eigenvalue weighted by atomic mass is 16.3. The summed E-state index contributed by atoms with van der Waals surface area (Å²) in [5.41, 5.74) is 2.61. The molecule has 1 aromatic rings. The van der Waals surface area contributed by atoms with Gasteiger partial charge in [0.1, 0.15) is 0 Å². The summed E-state index contributed by atoms with van der Waals surface area (Å²) in [6, 6.07) is 8.56. The van der Waals surface area contributed by atoms with E-state index in [2.05, 4.69) is 45.0 Å². The summed E-state index contributed by atoms with van der Waals surface area (Å²) in [5.74, 6) is 0.412. The predicted molar refractivity (Wildman–Crippen MR) is 65.0 cm³/mol. The lowest BCUT2D eigenvalue weighted by Gasteiger charge is -2.16. The molecule has 2 atom stereocenters. The molecule has 0 aliphatic heterocycles. The first-order chi connectivity index (χ1) is 7.13. The fourth-order valence-corrected chi connectivity index (χ4v) is 1.63. The maximum absolute atomic E-state index is 9.83. The first-order valence-corrected chi connectivity index (χ1v) is 5.87. The number of aliphatic hydroxyl groups excluding tert-OH is 1. The van der Waals surface area contributed by atoms with Gasteiger partial charge in [0, 0.05) is 0 Å². The second-order valence-electron chi connectivity index (χ2n) is 4.48. The van der Waals surface area contributed by atoms with Crippen LogP contribution >= 0.6 is 0 Å². The lowest BCUT2D eigenvalue weighted by molar-refractivity contribution is 0.106. The Kier molecular flexibility index (Phi) is 4.83. The van der Waals surface area contributed by atoms with E-state index in [0.29, 0.717) is 5.92 Å². The van der Waals surface area contributed by atoms with Gasteiger partial charge in [-0.2, -0.15) is 0 Å². The summed E-state index contributed by atoms with van der Waals surface area (Å²) in [5, 5.41) is 9.83. The van der Waals surface area contributed by atoms with Crippen molar-refractivity contribution in [3.8, 4) is 0 Å². The highest BCUT2D eigenvalue weighted by molar-refractivity contribution is 5.21. The SMILES string of the molecule is CCC(C)C(O)CCc1ccc(C)cc1. The third kappa shape index (κ3) is 4.05. The Balaban J connectivity index is 2.40. The van der Waals surface area contributed by atoms with Gasteiger partial charge in [-0.3, -0.25) is 0 Å². The van der Waals surface area contributed by atoms with Crippen LogP contribution in [-0.4, -0.2) is 11.2 Å². The van der Waals surface area contributed by atoms with Crippen LogP contribution in [-0.2, 0) is 6.42 Å². The molecule has 0 spiro atoms. The Morgan fingerprint density at radius 2 is 1.80 bits per heavy atom. The van der Waals surface area contributed by atoms with E-state index >= 15 is 0 Å². The van der Waals surface area contributed by atoms with Crippen LogP contribution in [0.4, 0.5) is 0 Å². The molecule has 15 heavy (non-hydrogen) atoms. The van der Waals surface area contributed by atoms with Crippen LogP contribution < -0.4 is 0 Å². The quantitative estimate of drug-likeness (QED) is 0.783. The first kappa shape index (κ1) is 12.3. The van der Waals surface area contributed by atoms with Crippen molar-refractivity contribution in [2.24, 2.45) is 5.92 Å². The molecule has 1 heteroatoms. The van der Waals surface area contributed by atoms with Crippen molar-refractivity contribution in [1.29, 1.82) is 0 Å². The molecule has 0 amide bonds. The van der Waals surface area contributed by atoms with Gasteiger partial charge in [-0.05, 0) is 31.2 Å². The fourth-order valence-electron chi connectivity index (χ4n) is 1.63. The molecule has 1 nitrogen and oxygen atoms in total. The summed E-state index contributed by atoms with van der Waals surface area (Å²) >= 11 is 0. The second-order valence-corrected chi connectivity index (χ2v) is 4.48. The molecule has 0 aliphatic rings. The number of aryl methyl sites for hydroxylation is 2. The molecule has 84 valence electrons. The van der Waals surface area contributed by atoms with Crippen LogP contribution in [0.1, 0.15) is 37.8 Å². The molecule has 1 rings (SSSR count). The summed E-state index contributed by atoms with van der Waals surface area (Å²) in [6.45, 7) is 6.33.